The lowest BCUT2D eigenvalue weighted by Crippen LogP contribution is -2.22. The first-order chi connectivity index (χ1) is 13.1. The molecule has 2 aromatic heterocycles. The first-order valence-electron chi connectivity index (χ1n) is 8.82. The van der Waals surface area contributed by atoms with Crippen LogP contribution in [0.3, 0.4) is 0 Å². The molecule has 0 aliphatic carbocycles. The Hall–Kier alpha value is -3.24. The molecule has 0 saturated heterocycles. The van der Waals surface area contributed by atoms with Crippen molar-refractivity contribution in [3.05, 3.63) is 101 Å². The summed E-state index contributed by atoms with van der Waals surface area (Å²) in [5.74, 6) is -0.304. The normalized spacial score (nSPS) is 12.3. The third-order valence-electron chi connectivity index (χ3n) is 4.74. The van der Waals surface area contributed by atoms with Gasteiger partial charge < -0.3 is 5.73 Å². The second kappa shape index (κ2) is 6.82. The van der Waals surface area contributed by atoms with E-state index in [1.165, 1.54) is 12.1 Å². The monoisotopic (exact) mass is 358 g/mol. The molecule has 1 atom stereocenters. The standard InChI is InChI=1S/C23H19FN2O/c1-15(25)20-21(17-10-12-18(24)13-11-17)19-9-5-6-14-26(19)23(27)22(20)16-7-3-2-4-8-16/h2-15H,25H2,1H3/t15-/m0/s1. The van der Waals surface area contributed by atoms with Crippen molar-refractivity contribution in [2.24, 2.45) is 5.73 Å². The van der Waals surface area contributed by atoms with E-state index in [2.05, 4.69) is 0 Å². The van der Waals surface area contributed by atoms with Gasteiger partial charge in [0, 0.05) is 17.8 Å². The van der Waals surface area contributed by atoms with E-state index in [1.807, 2.05) is 55.5 Å². The Morgan fingerprint density at radius 3 is 2.15 bits per heavy atom. The van der Waals surface area contributed by atoms with Crippen LogP contribution in [0.2, 0.25) is 0 Å². The Kier molecular flexibility index (Phi) is 4.34. The van der Waals surface area contributed by atoms with Gasteiger partial charge >= 0.3 is 0 Å². The second-order valence-corrected chi connectivity index (χ2v) is 6.59. The molecule has 0 unspecified atom stereocenters. The van der Waals surface area contributed by atoms with Crippen molar-refractivity contribution in [3.63, 3.8) is 0 Å². The molecule has 2 heterocycles. The highest BCUT2D eigenvalue weighted by atomic mass is 19.1. The van der Waals surface area contributed by atoms with Crippen molar-refractivity contribution in [2.45, 2.75) is 13.0 Å². The van der Waals surface area contributed by atoms with E-state index in [4.69, 9.17) is 5.73 Å². The van der Waals surface area contributed by atoms with Crippen LogP contribution in [0.15, 0.2) is 83.8 Å². The molecule has 0 radical (unpaired) electrons. The summed E-state index contributed by atoms with van der Waals surface area (Å²) in [5.41, 5.74) is 10.8. The van der Waals surface area contributed by atoms with Gasteiger partial charge in [-0.05, 0) is 47.9 Å². The molecule has 4 rings (SSSR count). The number of nitrogens with two attached hydrogens (primary N) is 1. The Morgan fingerprint density at radius 1 is 0.852 bits per heavy atom. The van der Waals surface area contributed by atoms with Crippen molar-refractivity contribution in [1.82, 2.24) is 4.40 Å². The fraction of sp³-hybridized carbons (Fsp3) is 0.0870. The Labute approximate surface area is 156 Å². The van der Waals surface area contributed by atoms with Gasteiger partial charge in [0.05, 0.1) is 11.1 Å². The fourth-order valence-electron chi connectivity index (χ4n) is 3.58. The molecule has 0 amide bonds. The maximum Gasteiger partial charge on any atom is 0.263 e. The number of nitrogens with zero attached hydrogens (tertiary/aromatic N) is 1. The Balaban J connectivity index is 2.21. The summed E-state index contributed by atoms with van der Waals surface area (Å²) < 4.78 is 15.1. The maximum absolute atomic E-state index is 13.5. The second-order valence-electron chi connectivity index (χ2n) is 6.59. The van der Waals surface area contributed by atoms with Gasteiger partial charge in [-0.1, -0.05) is 48.5 Å². The van der Waals surface area contributed by atoms with Gasteiger partial charge in [0.2, 0.25) is 0 Å². The number of fused-ring (bicyclic) bond motifs is 1. The molecule has 2 aromatic carbocycles. The van der Waals surface area contributed by atoms with Gasteiger partial charge in [-0.2, -0.15) is 0 Å². The molecule has 4 heteroatoms. The van der Waals surface area contributed by atoms with Crippen molar-refractivity contribution >= 4 is 5.52 Å². The molecule has 27 heavy (non-hydrogen) atoms. The van der Waals surface area contributed by atoms with E-state index in [-0.39, 0.29) is 17.4 Å². The van der Waals surface area contributed by atoms with Crippen LogP contribution < -0.4 is 11.3 Å². The third kappa shape index (κ3) is 2.94. The van der Waals surface area contributed by atoms with Gasteiger partial charge in [-0.3, -0.25) is 9.20 Å². The number of hydrogen-bond donors (Lipinski definition) is 1. The first-order valence-corrected chi connectivity index (χ1v) is 8.82. The Morgan fingerprint density at radius 2 is 1.48 bits per heavy atom. The van der Waals surface area contributed by atoms with E-state index >= 15 is 0 Å². The van der Waals surface area contributed by atoms with Gasteiger partial charge in [-0.25, -0.2) is 4.39 Å². The van der Waals surface area contributed by atoms with E-state index in [0.717, 1.165) is 27.8 Å². The molecule has 0 spiro atoms. The van der Waals surface area contributed by atoms with E-state index in [0.29, 0.717) is 5.56 Å². The lowest BCUT2D eigenvalue weighted by molar-refractivity contribution is 0.628. The zero-order chi connectivity index (χ0) is 19.0. The van der Waals surface area contributed by atoms with Crippen molar-refractivity contribution in [1.29, 1.82) is 0 Å². The predicted octanol–water partition coefficient (Wildman–Crippen LogP) is 4.79. The quantitative estimate of drug-likeness (QED) is 0.572. The summed E-state index contributed by atoms with van der Waals surface area (Å²) >= 11 is 0. The van der Waals surface area contributed by atoms with Crippen molar-refractivity contribution < 1.29 is 4.39 Å². The molecule has 0 aliphatic rings. The minimum Gasteiger partial charge on any atom is -0.324 e. The summed E-state index contributed by atoms with van der Waals surface area (Å²) in [6.07, 6.45) is 1.75. The van der Waals surface area contributed by atoms with Crippen LogP contribution in [0.1, 0.15) is 18.5 Å². The fourth-order valence-corrected chi connectivity index (χ4v) is 3.58. The summed E-state index contributed by atoms with van der Waals surface area (Å²) in [7, 11) is 0. The van der Waals surface area contributed by atoms with Gasteiger partial charge in [0.15, 0.2) is 0 Å². The average Bonchev–Trinajstić information content (AvgIpc) is 2.69. The first kappa shape index (κ1) is 17.2. The summed E-state index contributed by atoms with van der Waals surface area (Å²) in [4.78, 5) is 13.3. The molecule has 0 bridgehead atoms. The minimum atomic E-state index is -0.377. The van der Waals surface area contributed by atoms with E-state index < -0.39 is 0 Å². The van der Waals surface area contributed by atoms with Crippen molar-refractivity contribution in [3.8, 4) is 22.3 Å². The van der Waals surface area contributed by atoms with Gasteiger partial charge in [0.1, 0.15) is 5.82 Å². The molecular weight excluding hydrogens is 339 g/mol. The molecule has 2 N–H and O–H groups in total. The number of pyridine rings is 2. The molecule has 0 fully saturated rings. The van der Waals surface area contributed by atoms with E-state index in [1.54, 1.807) is 22.7 Å². The topological polar surface area (TPSA) is 47.5 Å². The highest BCUT2D eigenvalue weighted by Gasteiger charge is 2.22. The molecule has 134 valence electrons. The maximum atomic E-state index is 13.5. The Bertz CT molecular complexity index is 1160. The highest BCUT2D eigenvalue weighted by molar-refractivity contribution is 5.89. The zero-order valence-corrected chi connectivity index (χ0v) is 14.9. The van der Waals surface area contributed by atoms with Crippen LogP contribution in [-0.4, -0.2) is 4.40 Å². The number of halogens is 1. The molecule has 4 aromatic rings. The number of aromatic nitrogens is 1. The molecule has 0 aliphatic heterocycles. The third-order valence-corrected chi connectivity index (χ3v) is 4.74. The van der Waals surface area contributed by atoms with Crippen LogP contribution in [0.4, 0.5) is 4.39 Å². The van der Waals surface area contributed by atoms with E-state index in [9.17, 15) is 9.18 Å². The summed E-state index contributed by atoms with van der Waals surface area (Å²) in [6.45, 7) is 1.87. The molecule has 3 nitrogen and oxygen atoms in total. The number of rotatable bonds is 3. The smallest absolute Gasteiger partial charge is 0.263 e. The predicted molar refractivity (Wildman–Crippen MR) is 107 cm³/mol. The largest absolute Gasteiger partial charge is 0.324 e. The number of benzene rings is 2. The van der Waals surface area contributed by atoms with Crippen LogP contribution >= 0.6 is 0 Å². The van der Waals surface area contributed by atoms with Crippen LogP contribution in [0.5, 0.6) is 0 Å². The zero-order valence-electron chi connectivity index (χ0n) is 14.9. The molecule has 0 saturated carbocycles. The lowest BCUT2D eigenvalue weighted by Gasteiger charge is -2.21. The molecular formula is C23H19FN2O. The van der Waals surface area contributed by atoms with Crippen LogP contribution in [0.25, 0.3) is 27.8 Å². The SMILES string of the molecule is C[C@H](N)c1c(-c2ccccc2)c(=O)n2ccccc2c1-c1ccc(F)cc1. The summed E-state index contributed by atoms with van der Waals surface area (Å²) in [5, 5.41) is 0. The van der Waals surface area contributed by atoms with Crippen LogP contribution in [0, 0.1) is 5.82 Å². The summed E-state index contributed by atoms with van der Waals surface area (Å²) in [6, 6.07) is 21.0. The minimum absolute atomic E-state index is 0.116. The van der Waals surface area contributed by atoms with Crippen LogP contribution in [-0.2, 0) is 0 Å². The highest BCUT2D eigenvalue weighted by Crippen LogP contribution is 2.36. The van der Waals surface area contributed by atoms with Crippen molar-refractivity contribution in [2.75, 3.05) is 0 Å². The van der Waals surface area contributed by atoms with Gasteiger partial charge in [0.25, 0.3) is 5.56 Å². The average molecular weight is 358 g/mol. The van der Waals surface area contributed by atoms with Gasteiger partial charge in [-0.15, -0.1) is 0 Å². The lowest BCUT2D eigenvalue weighted by atomic mass is 9.88. The number of hydrogen-bond acceptors (Lipinski definition) is 2.